The highest BCUT2D eigenvalue weighted by atomic mass is 79.9. The molecule has 0 saturated carbocycles. The van der Waals surface area contributed by atoms with Crippen LogP contribution in [0.25, 0.3) is 0 Å². The average Bonchev–Trinajstić information content (AvgIpc) is 2.17. The van der Waals surface area contributed by atoms with E-state index in [9.17, 15) is 0 Å². The first-order chi connectivity index (χ1) is 7.18. The minimum absolute atomic E-state index is 0.567. The van der Waals surface area contributed by atoms with Crippen LogP contribution in [-0.4, -0.2) is 19.1 Å². The number of benzene rings is 1. The summed E-state index contributed by atoms with van der Waals surface area (Å²) in [5.74, 6) is 0. The molecule has 1 aromatic carbocycles. The fourth-order valence-electron chi connectivity index (χ4n) is 1.33. The van der Waals surface area contributed by atoms with Gasteiger partial charge in [-0.25, -0.2) is 0 Å². The predicted molar refractivity (Wildman–Crippen MR) is 69.0 cm³/mol. The lowest BCUT2D eigenvalue weighted by Crippen LogP contribution is -2.31. The van der Waals surface area contributed by atoms with E-state index >= 15 is 0 Å². The third kappa shape index (κ3) is 5.92. The first-order valence-electron chi connectivity index (χ1n) is 5.37. The van der Waals surface area contributed by atoms with Gasteiger partial charge in [-0.15, -0.1) is 0 Å². The molecular formula is C12H19BrN2. The summed E-state index contributed by atoms with van der Waals surface area (Å²) in [6, 6.07) is 8.95. The molecule has 0 aliphatic carbocycles. The molecule has 0 atom stereocenters. The lowest BCUT2D eigenvalue weighted by molar-refractivity contribution is 0.555. The van der Waals surface area contributed by atoms with Crippen molar-refractivity contribution in [2.75, 3.05) is 13.1 Å². The Hall–Kier alpha value is -0.380. The van der Waals surface area contributed by atoms with Gasteiger partial charge in [-0.05, 0) is 17.7 Å². The quantitative estimate of drug-likeness (QED) is 0.777. The van der Waals surface area contributed by atoms with E-state index in [0.29, 0.717) is 6.04 Å². The molecule has 0 saturated heterocycles. The van der Waals surface area contributed by atoms with Crippen LogP contribution in [-0.2, 0) is 6.54 Å². The van der Waals surface area contributed by atoms with Gasteiger partial charge < -0.3 is 10.6 Å². The maximum Gasteiger partial charge on any atom is 0.0206 e. The Balaban J connectivity index is 2.15. The van der Waals surface area contributed by atoms with Crippen LogP contribution in [0.2, 0.25) is 0 Å². The molecule has 0 aliphatic rings. The van der Waals surface area contributed by atoms with Crippen molar-refractivity contribution in [3.05, 3.63) is 34.3 Å². The first-order valence-corrected chi connectivity index (χ1v) is 6.16. The molecule has 2 N–H and O–H groups in total. The zero-order valence-corrected chi connectivity index (χ0v) is 11.0. The highest BCUT2D eigenvalue weighted by Gasteiger charge is 1.94. The van der Waals surface area contributed by atoms with Gasteiger partial charge in [0.05, 0.1) is 0 Å². The van der Waals surface area contributed by atoms with E-state index in [1.165, 1.54) is 5.56 Å². The fraction of sp³-hybridized carbons (Fsp3) is 0.500. The predicted octanol–water partition coefficient (Wildman–Crippen LogP) is 2.54. The molecule has 0 spiro atoms. The minimum atomic E-state index is 0.567. The average molecular weight is 271 g/mol. The smallest absolute Gasteiger partial charge is 0.0206 e. The monoisotopic (exact) mass is 270 g/mol. The van der Waals surface area contributed by atoms with Crippen LogP contribution in [0.5, 0.6) is 0 Å². The number of halogens is 1. The molecule has 15 heavy (non-hydrogen) atoms. The highest BCUT2D eigenvalue weighted by molar-refractivity contribution is 9.10. The summed E-state index contributed by atoms with van der Waals surface area (Å²) in [5, 5.41) is 6.77. The van der Waals surface area contributed by atoms with Crippen LogP contribution in [0.3, 0.4) is 0 Å². The molecule has 0 unspecified atom stereocenters. The van der Waals surface area contributed by atoms with Crippen molar-refractivity contribution >= 4 is 15.9 Å². The molecule has 1 aromatic rings. The van der Waals surface area contributed by atoms with E-state index in [-0.39, 0.29) is 0 Å². The maximum absolute atomic E-state index is 3.46. The Morgan fingerprint density at radius 1 is 1.27 bits per heavy atom. The Morgan fingerprint density at radius 3 is 2.73 bits per heavy atom. The van der Waals surface area contributed by atoms with Crippen LogP contribution in [0.1, 0.15) is 19.4 Å². The Bertz CT molecular complexity index is 287. The van der Waals surface area contributed by atoms with E-state index in [0.717, 1.165) is 24.1 Å². The molecule has 1 rings (SSSR count). The van der Waals surface area contributed by atoms with E-state index in [2.05, 4.69) is 58.6 Å². The molecule has 0 radical (unpaired) electrons. The minimum Gasteiger partial charge on any atom is -0.313 e. The zero-order valence-electron chi connectivity index (χ0n) is 9.39. The molecule has 3 heteroatoms. The summed E-state index contributed by atoms with van der Waals surface area (Å²) in [6.45, 7) is 7.28. The largest absolute Gasteiger partial charge is 0.313 e. The lowest BCUT2D eigenvalue weighted by atomic mass is 10.2. The second kappa shape index (κ2) is 6.99. The Morgan fingerprint density at radius 2 is 2.07 bits per heavy atom. The number of rotatable bonds is 6. The Kier molecular flexibility index (Phi) is 5.91. The van der Waals surface area contributed by atoms with Crippen LogP contribution < -0.4 is 10.6 Å². The first kappa shape index (κ1) is 12.7. The number of hydrogen-bond donors (Lipinski definition) is 2. The maximum atomic E-state index is 3.46. The van der Waals surface area contributed by atoms with Crippen LogP contribution >= 0.6 is 15.9 Å². The van der Waals surface area contributed by atoms with Crippen LogP contribution in [0.4, 0.5) is 0 Å². The number of hydrogen-bond acceptors (Lipinski definition) is 2. The van der Waals surface area contributed by atoms with Crippen molar-refractivity contribution < 1.29 is 0 Å². The standard InChI is InChI=1S/C12H19BrN2/c1-10(2)15-7-6-14-9-11-4-3-5-12(13)8-11/h3-5,8,10,14-15H,6-7,9H2,1-2H3. The van der Waals surface area contributed by atoms with Crippen LogP contribution in [0.15, 0.2) is 28.7 Å². The van der Waals surface area contributed by atoms with Crippen molar-refractivity contribution in [2.24, 2.45) is 0 Å². The summed E-state index contributed by atoms with van der Waals surface area (Å²) in [7, 11) is 0. The van der Waals surface area contributed by atoms with Gasteiger partial charge in [0.2, 0.25) is 0 Å². The molecule has 2 nitrogen and oxygen atoms in total. The van der Waals surface area contributed by atoms with Gasteiger partial charge in [-0.1, -0.05) is 41.9 Å². The third-order valence-corrected chi connectivity index (χ3v) is 2.57. The van der Waals surface area contributed by atoms with Crippen molar-refractivity contribution in [1.29, 1.82) is 0 Å². The topological polar surface area (TPSA) is 24.1 Å². The van der Waals surface area contributed by atoms with E-state index in [1.807, 2.05) is 6.07 Å². The van der Waals surface area contributed by atoms with E-state index < -0.39 is 0 Å². The normalized spacial score (nSPS) is 10.9. The van der Waals surface area contributed by atoms with Gasteiger partial charge in [-0.3, -0.25) is 0 Å². The Labute approximate surface area is 101 Å². The van der Waals surface area contributed by atoms with Crippen molar-refractivity contribution in [1.82, 2.24) is 10.6 Å². The molecule has 84 valence electrons. The van der Waals surface area contributed by atoms with Gasteiger partial charge >= 0.3 is 0 Å². The second-order valence-electron chi connectivity index (χ2n) is 3.92. The van der Waals surface area contributed by atoms with E-state index in [1.54, 1.807) is 0 Å². The fourth-order valence-corrected chi connectivity index (χ4v) is 1.78. The van der Waals surface area contributed by atoms with Gasteiger partial charge in [0.1, 0.15) is 0 Å². The molecule has 0 aromatic heterocycles. The van der Waals surface area contributed by atoms with Crippen molar-refractivity contribution in [2.45, 2.75) is 26.4 Å². The summed E-state index contributed by atoms with van der Waals surface area (Å²) in [5.41, 5.74) is 1.31. The lowest BCUT2D eigenvalue weighted by Gasteiger charge is -2.09. The summed E-state index contributed by atoms with van der Waals surface area (Å²) >= 11 is 3.46. The molecule has 0 bridgehead atoms. The van der Waals surface area contributed by atoms with Gasteiger partial charge in [0, 0.05) is 30.1 Å². The van der Waals surface area contributed by atoms with Crippen molar-refractivity contribution in [3.8, 4) is 0 Å². The van der Waals surface area contributed by atoms with Gasteiger partial charge in [-0.2, -0.15) is 0 Å². The SMILES string of the molecule is CC(C)NCCNCc1cccc(Br)c1. The highest BCUT2D eigenvalue weighted by Crippen LogP contribution is 2.10. The number of nitrogens with one attached hydrogen (secondary N) is 2. The zero-order chi connectivity index (χ0) is 11.1. The van der Waals surface area contributed by atoms with Crippen LogP contribution in [0, 0.1) is 0 Å². The van der Waals surface area contributed by atoms with Crippen molar-refractivity contribution in [3.63, 3.8) is 0 Å². The third-order valence-electron chi connectivity index (χ3n) is 2.07. The molecule has 0 fully saturated rings. The molecular weight excluding hydrogens is 252 g/mol. The molecule has 0 aliphatic heterocycles. The van der Waals surface area contributed by atoms with E-state index in [4.69, 9.17) is 0 Å². The summed E-state index contributed by atoms with van der Waals surface area (Å²) < 4.78 is 1.14. The van der Waals surface area contributed by atoms with Gasteiger partial charge in [0.25, 0.3) is 0 Å². The molecule has 0 amide bonds. The summed E-state index contributed by atoms with van der Waals surface area (Å²) in [4.78, 5) is 0. The molecule has 0 heterocycles. The second-order valence-corrected chi connectivity index (χ2v) is 4.83. The summed E-state index contributed by atoms with van der Waals surface area (Å²) in [6.07, 6.45) is 0. The van der Waals surface area contributed by atoms with Gasteiger partial charge in [0.15, 0.2) is 0 Å².